The molecule has 0 aliphatic carbocycles. The Balaban J connectivity index is 1.59. The van der Waals surface area contributed by atoms with Crippen molar-refractivity contribution in [1.82, 2.24) is 9.97 Å². The third-order valence-electron chi connectivity index (χ3n) is 4.63. The zero-order valence-electron chi connectivity index (χ0n) is 15.8. The maximum atomic E-state index is 13.1. The Hall–Kier alpha value is -3.32. The molecule has 0 spiro atoms. The fourth-order valence-electron chi connectivity index (χ4n) is 3.12. The number of hydrogen-bond acceptors (Lipinski definition) is 5. The molecule has 29 heavy (non-hydrogen) atoms. The summed E-state index contributed by atoms with van der Waals surface area (Å²) in [4.78, 5) is 21.7. The molecule has 1 fully saturated rings. The minimum absolute atomic E-state index is 0.140. The molecule has 4 rings (SSSR count). The zero-order chi connectivity index (χ0) is 20.1. The summed E-state index contributed by atoms with van der Waals surface area (Å²) in [6.07, 6.45) is 2.19. The highest BCUT2D eigenvalue weighted by Crippen LogP contribution is 2.20. The van der Waals surface area contributed by atoms with Crippen molar-refractivity contribution in [1.29, 1.82) is 0 Å². The topological polar surface area (TPSA) is 76.1 Å². The lowest BCUT2D eigenvalue weighted by atomic mass is 10.2. The number of nitrogens with zero attached hydrogens (tertiary/aromatic N) is 2. The van der Waals surface area contributed by atoms with E-state index >= 15 is 0 Å². The van der Waals surface area contributed by atoms with Gasteiger partial charge in [0.2, 0.25) is 0 Å². The van der Waals surface area contributed by atoms with Crippen LogP contribution in [0.4, 0.5) is 15.9 Å². The number of hydrogen-bond donors (Lipinski definition) is 2. The standard InChI is InChI=1S/C22H21FN4O2/c23-16-8-10-17(11-9-16)25-22(28)19-13-20(24-14-18-7-4-12-29-18)27-21(26-19)15-5-2-1-3-6-15/h1-3,5-6,8-11,13,18H,4,7,12,14H2,(H,25,28)(H,24,26,27). The number of aromatic nitrogens is 2. The number of rotatable bonds is 6. The second kappa shape index (κ2) is 8.79. The maximum Gasteiger partial charge on any atom is 0.274 e. The van der Waals surface area contributed by atoms with Gasteiger partial charge in [-0.1, -0.05) is 30.3 Å². The first-order valence-corrected chi connectivity index (χ1v) is 9.54. The minimum atomic E-state index is -0.392. The quantitative estimate of drug-likeness (QED) is 0.660. The fraction of sp³-hybridized carbons (Fsp3) is 0.227. The summed E-state index contributed by atoms with van der Waals surface area (Å²) in [6.45, 7) is 1.39. The van der Waals surface area contributed by atoms with E-state index in [0.29, 0.717) is 23.9 Å². The first kappa shape index (κ1) is 19.0. The van der Waals surface area contributed by atoms with E-state index in [1.165, 1.54) is 24.3 Å². The second-order valence-electron chi connectivity index (χ2n) is 6.81. The Bertz CT molecular complexity index is 974. The largest absolute Gasteiger partial charge is 0.376 e. The molecule has 1 aromatic heterocycles. The molecule has 6 nitrogen and oxygen atoms in total. The summed E-state index contributed by atoms with van der Waals surface area (Å²) in [6, 6.07) is 16.7. The second-order valence-corrected chi connectivity index (χ2v) is 6.81. The number of amides is 1. The molecule has 0 radical (unpaired) electrons. The molecule has 1 saturated heterocycles. The van der Waals surface area contributed by atoms with E-state index in [2.05, 4.69) is 20.6 Å². The predicted molar refractivity (Wildman–Crippen MR) is 109 cm³/mol. The van der Waals surface area contributed by atoms with Crippen LogP contribution in [0.1, 0.15) is 23.3 Å². The monoisotopic (exact) mass is 392 g/mol. The molecule has 0 bridgehead atoms. The van der Waals surface area contributed by atoms with Gasteiger partial charge in [0.15, 0.2) is 5.82 Å². The smallest absolute Gasteiger partial charge is 0.274 e. The minimum Gasteiger partial charge on any atom is -0.376 e. The molecule has 0 saturated carbocycles. The van der Waals surface area contributed by atoms with Crippen LogP contribution >= 0.6 is 0 Å². The van der Waals surface area contributed by atoms with Crippen molar-refractivity contribution < 1.29 is 13.9 Å². The molecule has 2 heterocycles. The number of carbonyl (C=O) groups excluding carboxylic acids is 1. The van der Waals surface area contributed by atoms with E-state index in [0.717, 1.165) is 25.0 Å². The average molecular weight is 392 g/mol. The third-order valence-corrected chi connectivity index (χ3v) is 4.63. The molecule has 2 N–H and O–H groups in total. The summed E-state index contributed by atoms with van der Waals surface area (Å²) in [5.74, 6) is 0.249. The van der Waals surface area contributed by atoms with Gasteiger partial charge in [-0.25, -0.2) is 14.4 Å². The number of anilines is 2. The lowest BCUT2D eigenvalue weighted by Gasteiger charge is -2.13. The van der Waals surface area contributed by atoms with E-state index in [1.807, 2.05) is 30.3 Å². The third kappa shape index (κ3) is 4.94. The predicted octanol–water partition coefficient (Wildman–Crippen LogP) is 4.13. The van der Waals surface area contributed by atoms with Crippen molar-refractivity contribution in [3.8, 4) is 11.4 Å². The van der Waals surface area contributed by atoms with Gasteiger partial charge in [-0.15, -0.1) is 0 Å². The number of nitrogens with one attached hydrogen (secondary N) is 2. The SMILES string of the molecule is O=C(Nc1ccc(F)cc1)c1cc(NCC2CCCO2)nc(-c2ccccc2)n1. The Labute approximate surface area is 168 Å². The molecule has 148 valence electrons. The van der Waals surface area contributed by atoms with Gasteiger partial charge in [-0.3, -0.25) is 4.79 Å². The number of ether oxygens (including phenoxy) is 1. The fourth-order valence-corrected chi connectivity index (χ4v) is 3.12. The number of halogens is 1. The van der Waals surface area contributed by atoms with E-state index in [4.69, 9.17) is 4.74 Å². The maximum absolute atomic E-state index is 13.1. The molecule has 1 aliphatic heterocycles. The molecule has 1 unspecified atom stereocenters. The van der Waals surface area contributed by atoms with Crippen LogP contribution in [0.3, 0.4) is 0 Å². The van der Waals surface area contributed by atoms with Gasteiger partial charge in [0.05, 0.1) is 6.10 Å². The first-order chi connectivity index (χ1) is 14.2. The van der Waals surface area contributed by atoms with Crippen LogP contribution in [-0.2, 0) is 4.74 Å². The van der Waals surface area contributed by atoms with Crippen LogP contribution < -0.4 is 10.6 Å². The van der Waals surface area contributed by atoms with Gasteiger partial charge in [0.1, 0.15) is 17.3 Å². The number of benzene rings is 2. The Morgan fingerprint density at radius 3 is 2.62 bits per heavy atom. The van der Waals surface area contributed by atoms with Gasteiger partial charge in [-0.05, 0) is 37.1 Å². The summed E-state index contributed by atoms with van der Waals surface area (Å²) in [5, 5.41) is 6.00. The van der Waals surface area contributed by atoms with Crippen LogP contribution in [0.25, 0.3) is 11.4 Å². The summed E-state index contributed by atoms with van der Waals surface area (Å²) < 4.78 is 18.7. The summed E-state index contributed by atoms with van der Waals surface area (Å²) in [5.41, 5.74) is 1.52. The van der Waals surface area contributed by atoms with E-state index in [-0.39, 0.29) is 17.6 Å². The van der Waals surface area contributed by atoms with Crippen molar-refractivity contribution in [3.05, 3.63) is 72.2 Å². The highest BCUT2D eigenvalue weighted by atomic mass is 19.1. The van der Waals surface area contributed by atoms with Crippen molar-refractivity contribution in [2.75, 3.05) is 23.8 Å². The molecule has 1 aliphatic rings. The molecule has 3 aromatic rings. The van der Waals surface area contributed by atoms with Crippen molar-refractivity contribution in [3.63, 3.8) is 0 Å². The van der Waals surface area contributed by atoms with Crippen molar-refractivity contribution in [2.45, 2.75) is 18.9 Å². The Morgan fingerprint density at radius 2 is 1.90 bits per heavy atom. The van der Waals surface area contributed by atoms with Crippen molar-refractivity contribution in [2.24, 2.45) is 0 Å². The van der Waals surface area contributed by atoms with Gasteiger partial charge in [0, 0.05) is 30.5 Å². The van der Waals surface area contributed by atoms with Crippen LogP contribution in [0, 0.1) is 5.82 Å². The Kier molecular flexibility index (Phi) is 5.76. The highest BCUT2D eigenvalue weighted by molar-refractivity contribution is 6.03. The lowest BCUT2D eigenvalue weighted by Crippen LogP contribution is -2.20. The van der Waals surface area contributed by atoms with Gasteiger partial charge in [-0.2, -0.15) is 0 Å². The molecular formula is C22H21FN4O2. The van der Waals surface area contributed by atoms with Crippen LogP contribution in [0.2, 0.25) is 0 Å². The number of carbonyl (C=O) groups is 1. The molecule has 2 aromatic carbocycles. The van der Waals surface area contributed by atoms with Crippen LogP contribution in [0.5, 0.6) is 0 Å². The molecule has 1 atom stereocenters. The Morgan fingerprint density at radius 1 is 1.10 bits per heavy atom. The highest BCUT2D eigenvalue weighted by Gasteiger charge is 2.17. The average Bonchev–Trinajstić information content (AvgIpc) is 3.28. The van der Waals surface area contributed by atoms with Gasteiger partial charge >= 0.3 is 0 Å². The summed E-state index contributed by atoms with van der Waals surface area (Å²) >= 11 is 0. The van der Waals surface area contributed by atoms with E-state index in [9.17, 15) is 9.18 Å². The molecule has 7 heteroatoms. The lowest BCUT2D eigenvalue weighted by molar-refractivity contribution is 0.102. The molecule has 1 amide bonds. The zero-order valence-corrected chi connectivity index (χ0v) is 15.8. The molecular weight excluding hydrogens is 371 g/mol. The summed E-state index contributed by atoms with van der Waals surface area (Å²) in [7, 11) is 0. The van der Waals surface area contributed by atoms with Gasteiger partial charge < -0.3 is 15.4 Å². The van der Waals surface area contributed by atoms with Gasteiger partial charge in [0.25, 0.3) is 5.91 Å². The normalized spacial score (nSPS) is 15.8. The first-order valence-electron chi connectivity index (χ1n) is 9.54. The van der Waals surface area contributed by atoms with E-state index < -0.39 is 5.91 Å². The van der Waals surface area contributed by atoms with Crippen molar-refractivity contribution >= 4 is 17.4 Å². The van der Waals surface area contributed by atoms with Crippen LogP contribution in [0.15, 0.2) is 60.7 Å². The van der Waals surface area contributed by atoms with E-state index in [1.54, 1.807) is 6.07 Å². The van der Waals surface area contributed by atoms with Crippen LogP contribution in [-0.4, -0.2) is 35.1 Å².